The van der Waals surface area contributed by atoms with Gasteiger partial charge in [0.15, 0.2) is 0 Å². The molecule has 0 saturated heterocycles. The maximum absolute atomic E-state index is 14.0. The summed E-state index contributed by atoms with van der Waals surface area (Å²) in [6.07, 6.45) is -3.05. The summed E-state index contributed by atoms with van der Waals surface area (Å²) in [5, 5.41) is 5.51. The molecule has 0 radical (unpaired) electrons. The molecular weight excluding hydrogens is 509 g/mol. The SMILES string of the molecule is C=CCN1C(=O)N[C@@H](c2ccccc2C(F)(F)F)C2=C1CN([C@H](Cc1ccccc1)C(=O)NC(C)(C)C)C2=O. The van der Waals surface area contributed by atoms with Gasteiger partial charge in [-0.25, -0.2) is 4.79 Å². The molecule has 0 saturated carbocycles. The summed E-state index contributed by atoms with van der Waals surface area (Å²) in [5.74, 6) is -1.01. The molecule has 0 unspecified atom stereocenters. The van der Waals surface area contributed by atoms with E-state index in [1.807, 2.05) is 51.1 Å². The van der Waals surface area contributed by atoms with E-state index in [1.54, 1.807) is 0 Å². The van der Waals surface area contributed by atoms with Crippen LogP contribution in [0, 0.1) is 0 Å². The Labute approximate surface area is 225 Å². The number of hydrogen-bond acceptors (Lipinski definition) is 3. The lowest BCUT2D eigenvalue weighted by atomic mass is 9.91. The second-order valence-electron chi connectivity index (χ2n) is 10.6. The molecule has 0 fully saturated rings. The number of halogens is 3. The van der Waals surface area contributed by atoms with Crippen molar-refractivity contribution in [3.8, 4) is 0 Å². The molecule has 2 N–H and O–H groups in total. The van der Waals surface area contributed by atoms with E-state index < -0.39 is 47.2 Å². The molecule has 0 bridgehead atoms. The lowest BCUT2D eigenvalue weighted by Crippen LogP contribution is -2.54. The zero-order valence-corrected chi connectivity index (χ0v) is 22.0. The minimum atomic E-state index is -4.70. The van der Waals surface area contributed by atoms with Crippen LogP contribution >= 0.6 is 0 Å². The number of carbonyl (C=O) groups excluding carboxylic acids is 3. The number of nitrogens with zero attached hydrogens (tertiary/aromatic N) is 2. The van der Waals surface area contributed by atoms with Crippen molar-refractivity contribution in [1.82, 2.24) is 20.4 Å². The van der Waals surface area contributed by atoms with E-state index in [2.05, 4.69) is 17.2 Å². The van der Waals surface area contributed by atoms with Crippen LogP contribution in [0.25, 0.3) is 0 Å². The largest absolute Gasteiger partial charge is 0.416 e. The molecule has 2 aliphatic heterocycles. The van der Waals surface area contributed by atoms with Crippen LogP contribution in [0.4, 0.5) is 18.0 Å². The van der Waals surface area contributed by atoms with Crippen LogP contribution in [0.15, 0.2) is 78.5 Å². The van der Waals surface area contributed by atoms with Gasteiger partial charge in [-0.15, -0.1) is 6.58 Å². The predicted octanol–water partition coefficient (Wildman–Crippen LogP) is 4.58. The van der Waals surface area contributed by atoms with Crippen molar-refractivity contribution >= 4 is 17.8 Å². The number of hydrogen-bond donors (Lipinski definition) is 2. The number of rotatable bonds is 7. The highest BCUT2D eigenvalue weighted by Crippen LogP contribution is 2.42. The Morgan fingerprint density at radius 3 is 2.36 bits per heavy atom. The van der Waals surface area contributed by atoms with E-state index in [9.17, 15) is 27.6 Å². The molecule has 39 heavy (non-hydrogen) atoms. The third kappa shape index (κ3) is 5.84. The van der Waals surface area contributed by atoms with Crippen LogP contribution in [0.2, 0.25) is 0 Å². The topological polar surface area (TPSA) is 81.8 Å². The number of amides is 4. The smallest absolute Gasteiger partial charge is 0.350 e. The van der Waals surface area contributed by atoms with Crippen LogP contribution in [0.1, 0.15) is 43.5 Å². The molecule has 0 aromatic heterocycles. The molecule has 2 aliphatic rings. The number of alkyl halides is 3. The van der Waals surface area contributed by atoms with Crippen molar-refractivity contribution in [2.45, 2.75) is 51.0 Å². The maximum Gasteiger partial charge on any atom is 0.416 e. The van der Waals surface area contributed by atoms with E-state index in [0.717, 1.165) is 11.6 Å². The van der Waals surface area contributed by atoms with Gasteiger partial charge in [0.25, 0.3) is 5.91 Å². The molecule has 2 aromatic carbocycles. The normalized spacial score (nSPS) is 18.6. The van der Waals surface area contributed by atoms with Gasteiger partial charge in [-0.3, -0.25) is 14.5 Å². The monoisotopic (exact) mass is 540 g/mol. The highest BCUT2D eigenvalue weighted by Gasteiger charge is 2.49. The van der Waals surface area contributed by atoms with Crippen molar-refractivity contribution in [2.75, 3.05) is 13.1 Å². The minimum absolute atomic E-state index is 0.00905. The van der Waals surface area contributed by atoms with Crippen molar-refractivity contribution < 1.29 is 27.6 Å². The molecule has 0 aliphatic carbocycles. The first-order valence-electron chi connectivity index (χ1n) is 12.6. The lowest BCUT2D eigenvalue weighted by molar-refractivity contribution is -0.139. The second kappa shape index (κ2) is 10.6. The summed E-state index contributed by atoms with van der Waals surface area (Å²) in [6.45, 7) is 9.04. The average Bonchev–Trinajstić information content (AvgIpc) is 3.20. The second-order valence-corrected chi connectivity index (χ2v) is 10.6. The highest BCUT2D eigenvalue weighted by atomic mass is 19.4. The van der Waals surface area contributed by atoms with Crippen LogP contribution in [0.3, 0.4) is 0 Å². The van der Waals surface area contributed by atoms with Gasteiger partial charge >= 0.3 is 12.2 Å². The maximum atomic E-state index is 14.0. The average molecular weight is 541 g/mol. The predicted molar refractivity (Wildman–Crippen MR) is 140 cm³/mol. The molecule has 4 amide bonds. The minimum Gasteiger partial charge on any atom is -0.350 e. The van der Waals surface area contributed by atoms with Crippen molar-refractivity contribution in [3.63, 3.8) is 0 Å². The fourth-order valence-corrected chi connectivity index (χ4v) is 4.96. The molecule has 0 spiro atoms. The van der Waals surface area contributed by atoms with E-state index >= 15 is 0 Å². The van der Waals surface area contributed by atoms with Gasteiger partial charge in [-0.1, -0.05) is 54.6 Å². The Kier molecular flexibility index (Phi) is 7.59. The third-order valence-electron chi connectivity index (χ3n) is 6.59. The highest BCUT2D eigenvalue weighted by molar-refractivity contribution is 6.03. The molecule has 7 nitrogen and oxygen atoms in total. The van der Waals surface area contributed by atoms with Gasteiger partial charge in [-0.2, -0.15) is 13.2 Å². The fraction of sp³-hybridized carbons (Fsp3) is 0.345. The van der Waals surface area contributed by atoms with Crippen molar-refractivity contribution in [3.05, 3.63) is 95.2 Å². The Morgan fingerprint density at radius 1 is 1.10 bits per heavy atom. The summed E-state index contributed by atoms with van der Waals surface area (Å²) < 4.78 is 41.8. The first-order chi connectivity index (χ1) is 18.3. The number of benzene rings is 2. The van der Waals surface area contributed by atoms with Crippen molar-refractivity contribution in [1.29, 1.82) is 0 Å². The van der Waals surface area contributed by atoms with Crippen LogP contribution in [-0.4, -0.2) is 52.3 Å². The van der Waals surface area contributed by atoms with Gasteiger partial charge in [0.05, 0.1) is 29.4 Å². The fourth-order valence-electron chi connectivity index (χ4n) is 4.96. The summed E-state index contributed by atoms with van der Waals surface area (Å²) in [4.78, 5) is 43.3. The molecule has 206 valence electrons. The third-order valence-corrected chi connectivity index (χ3v) is 6.59. The summed E-state index contributed by atoms with van der Waals surface area (Å²) >= 11 is 0. The van der Waals surface area contributed by atoms with Crippen LogP contribution < -0.4 is 10.6 Å². The quantitative estimate of drug-likeness (QED) is 0.505. The van der Waals surface area contributed by atoms with Crippen LogP contribution in [0.5, 0.6) is 0 Å². The van der Waals surface area contributed by atoms with Crippen molar-refractivity contribution in [2.24, 2.45) is 0 Å². The van der Waals surface area contributed by atoms with Gasteiger partial charge in [0.1, 0.15) is 6.04 Å². The van der Waals surface area contributed by atoms with Gasteiger partial charge in [-0.05, 0) is 38.0 Å². The van der Waals surface area contributed by atoms with E-state index in [1.165, 1.54) is 34.1 Å². The molecule has 2 atom stereocenters. The number of carbonyl (C=O) groups is 3. The molecule has 4 rings (SSSR count). The van der Waals surface area contributed by atoms with Gasteiger partial charge < -0.3 is 15.5 Å². The number of nitrogens with one attached hydrogen (secondary N) is 2. The molecule has 2 aromatic rings. The standard InChI is InChI=1S/C29H31F3N4O3/c1-5-15-35-22-17-36(21(25(37)34-28(2,3)4)16-18-11-7-6-8-12-18)26(38)23(22)24(33-27(35)39)19-13-9-10-14-20(19)29(30,31)32/h5-14,21,24H,1,15-17H2,2-4H3,(H,33,39)(H,34,37)/t21-,24+/m1/s1. The Bertz CT molecular complexity index is 1320. The number of urea groups is 1. The molecule has 2 heterocycles. The van der Waals surface area contributed by atoms with Gasteiger partial charge in [0.2, 0.25) is 5.91 Å². The zero-order valence-electron chi connectivity index (χ0n) is 22.0. The zero-order chi connectivity index (χ0) is 28.5. The molecular formula is C29H31F3N4O3. The summed E-state index contributed by atoms with van der Waals surface area (Å²) in [5.41, 5.74) is -0.708. The Morgan fingerprint density at radius 2 is 1.74 bits per heavy atom. The first-order valence-corrected chi connectivity index (χ1v) is 12.6. The van der Waals surface area contributed by atoms with E-state index in [0.29, 0.717) is 0 Å². The Balaban J connectivity index is 1.80. The first kappa shape index (κ1) is 27.9. The summed E-state index contributed by atoms with van der Waals surface area (Å²) in [7, 11) is 0. The lowest BCUT2D eigenvalue weighted by Gasteiger charge is -2.33. The van der Waals surface area contributed by atoms with E-state index in [4.69, 9.17) is 0 Å². The molecule has 10 heteroatoms. The van der Waals surface area contributed by atoms with Crippen LogP contribution in [-0.2, 0) is 22.2 Å². The Hall–Kier alpha value is -4.08. The van der Waals surface area contributed by atoms with E-state index in [-0.39, 0.29) is 36.3 Å². The van der Waals surface area contributed by atoms with Gasteiger partial charge in [0, 0.05) is 18.5 Å². The summed E-state index contributed by atoms with van der Waals surface area (Å²) in [6, 6.07) is 11.1.